The number of carbonyl (C=O) groups excluding carboxylic acids is 2. The van der Waals surface area contributed by atoms with E-state index in [9.17, 15) is 9.59 Å². The molecule has 2 aliphatic heterocycles. The molecule has 2 aliphatic rings. The van der Waals surface area contributed by atoms with Gasteiger partial charge in [-0.25, -0.2) is 0 Å². The summed E-state index contributed by atoms with van der Waals surface area (Å²) in [5.74, 6) is 0.715. The van der Waals surface area contributed by atoms with Crippen LogP contribution >= 0.6 is 11.8 Å². The third kappa shape index (κ3) is 1.58. The third-order valence-electron chi connectivity index (χ3n) is 3.32. The van der Waals surface area contributed by atoms with E-state index in [0.29, 0.717) is 5.75 Å². The minimum absolute atomic E-state index is 0.0612. The van der Waals surface area contributed by atoms with Crippen LogP contribution < -0.4 is 5.73 Å². The van der Waals surface area contributed by atoms with Gasteiger partial charge in [0.1, 0.15) is 6.04 Å². The minimum atomic E-state index is -0.418. The van der Waals surface area contributed by atoms with E-state index in [2.05, 4.69) is 0 Å². The standard InChI is InChI=1S/C10H16N2O2S/c1-6(13)8-5-15-10(2)4-3-7(11)9(14)12(8)10/h7-8H,3-5,11H2,1-2H3/t7-,8-,10-/m0/s1. The van der Waals surface area contributed by atoms with E-state index >= 15 is 0 Å². The van der Waals surface area contributed by atoms with Crippen molar-refractivity contribution in [3.05, 3.63) is 0 Å². The lowest BCUT2D eigenvalue weighted by Gasteiger charge is -2.42. The van der Waals surface area contributed by atoms with Crippen molar-refractivity contribution in [3.63, 3.8) is 0 Å². The minimum Gasteiger partial charge on any atom is -0.320 e. The summed E-state index contributed by atoms with van der Waals surface area (Å²) in [5, 5.41) is 0. The van der Waals surface area contributed by atoms with Gasteiger partial charge in [-0.15, -0.1) is 11.8 Å². The summed E-state index contributed by atoms with van der Waals surface area (Å²) in [4.78, 5) is 24.9. The molecule has 0 saturated carbocycles. The maximum absolute atomic E-state index is 12.0. The molecule has 0 unspecified atom stereocenters. The lowest BCUT2D eigenvalue weighted by atomic mass is 9.96. The zero-order valence-electron chi connectivity index (χ0n) is 9.03. The number of hydrogen-bond donors (Lipinski definition) is 1. The SMILES string of the molecule is CC(=O)[C@@H]1CS[C@@]2(C)CC[C@H](N)C(=O)N12. The van der Waals surface area contributed by atoms with E-state index in [0.717, 1.165) is 12.8 Å². The molecule has 2 saturated heterocycles. The van der Waals surface area contributed by atoms with Crippen LogP contribution in [-0.4, -0.2) is 39.3 Å². The lowest BCUT2D eigenvalue weighted by molar-refractivity contribution is -0.144. The molecule has 2 heterocycles. The second-order valence-corrected chi connectivity index (χ2v) is 5.97. The molecule has 5 heteroatoms. The number of ketones is 1. The van der Waals surface area contributed by atoms with Crippen LogP contribution in [0.4, 0.5) is 0 Å². The van der Waals surface area contributed by atoms with Gasteiger partial charge in [0, 0.05) is 5.75 Å². The van der Waals surface area contributed by atoms with E-state index in [1.807, 2.05) is 6.92 Å². The first-order valence-corrected chi connectivity index (χ1v) is 6.17. The number of amides is 1. The van der Waals surface area contributed by atoms with Crippen LogP contribution in [0.15, 0.2) is 0 Å². The van der Waals surface area contributed by atoms with E-state index in [4.69, 9.17) is 5.73 Å². The Morgan fingerprint density at radius 2 is 2.33 bits per heavy atom. The molecule has 0 spiro atoms. The van der Waals surface area contributed by atoms with Crippen molar-refractivity contribution in [2.24, 2.45) is 5.73 Å². The molecule has 84 valence electrons. The first-order chi connectivity index (χ1) is 6.96. The Hall–Kier alpha value is -0.550. The van der Waals surface area contributed by atoms with E-state index < -0.39 is 6.04 Å². The van der Waals surface area contributed by atoms with Crippen molar-refractivity contribution in [1.82, 2.24) is 4.90 Å². The van der Waals surface area contributed by atoms with E-state index in [1.165, 1.54) is 0 Å². The number of piperidine rings is 1. The predicted octanol–water partition coefficient (Wildman–Crippen LogP) is 0.357. The lowest BCUT2D eigenvalue weighted by Crippen LogP contribution is -2.59. The van der Waals surface area contributed by atoms with Gasteiger partial charge in [-0.1, -0.05) is 0 Å². The van der Waals surface area contributed by atoms with Crippen molar-refractivity contribution in [2.45, 2.75) is 43.6 Å². The fraction of sp³-hybridized carbons (Fsp3) is 0.800. The van der Waals surface area contributed by atoms with Crippen LogP contribution in [0.1, 0.15) is 26.7 Å². The molecule has 4 nitrogen and oxygen atoms in total. The number of thioether (sulfide) groups is 1. The molecular weight excluding hydrogens is 212 g/mol. The second kappa shape index (κ2) is 3.49. The zero-order chi connectivity index (χ0) is 11.2. The molecule has 3 atom stereocenters. The monoisotopic (exact) mass is 228 g/mol. The quantitative estimate of drug-likeness (QED) is 0.703. The van der Waals surface area contributed by atoms with Gasteiger partial charge in [0.25, 0.3) is 0 Å². The summed E-state index contributed by atoms with van der Waals surface area (Å²) in [6, 6.07) is -0.683. The molecule has 1 amide bonds. The summed E-state index contributed by atoms with van der Waals surface area (Å²) in [6.07, 6.45) is 1.61. The Morgan fingerprint density at radius 3 is 2.93 bits per heavy atom. The van der Waals surface area contributed by atoms with Gasteiger partial charge >= 0.3 is 0 Å². The Morgan fingerprint density at radius 1 is 1.67 bits per heavy atom. The van der Waals surface area contributed by atoms with Crippen LogP contribution in [0.2, 0.25) is 0 Å². The van der Waals surface area contributed by atoms with Crippen molar-refractivity contribution >= 4 is 23.5 Å². The predicted molar refractivity (Wildman–Crippen MR) is 59.4 cm³/mol. The van der Waals surface area contributed by atoms with Crippen molar-refractivity contribution < 1.29 is 9.59 Å². The molecule has 0 aromatic heterocycles. The van der Waals surface area contributed by atoms with Crippen LogP contribution in [0, 0.1) is 0 Å². The van der Waals surface area contributed by atoms with Gasteiger partial charge in [0.15, 0.2) is 5.78 Å². The zero-order valence-corrected chi connectivity index (χ0v) is 9.84. The maximum Gasteiger partial charge on any atom is 0.241 e. The largest absolute Gasteiger partial charge is 0.320 e. The van der Waals surface area contributed by atoms with Gasteiger partial charge in [-0.2, -0.15) is 0 Å². The highest BCUT2D eigenvalue weighted by Crippen LogP contribution is 2.45. The summed E-state index contributed by atoms with van der Waals surface area (Å²) in [5.41, 5.74) is 5.74. The highest BCUT2D eigenvalue weighted by molar-refractivity contribution is 8.00. The van der Waals surface area contributed by atoms with Crippen LogP contribution in [0.3, 0.4) is 0 Å². The topological polar surface area (TPSA) is 63.4 Å². The average molecular weight is 228 g/mol. The first kappa shape index (κ1) is 11.0. The number of nitrogens with zero attached hydrogens (tertiary/aromatic N) is 1. The Kier molecular flexibility index (Phi) is 2.55. The second-order valence-electron chi connectivity index (χ2n) is 4.47. The molecule has 0 aliphatic carbocycles. The van der Waals surface area contributed by atoms with Crippen LogP contribution in [0.25, 0.3) is 0 Å². The number of rotatable bonds is 1. The Bertz CT molecular complexity index is 321. The van der Waals surface area contributed by atoms with Crippen molar-refractivity contribution in [1.29, 1.82) is 0 Å². The van der Waals surface area contributed by atoms with Gasteiger partial charge in [-0.05, 0) is 26.7 Å². The Balaban J connectivity index is 2.31. The van der Waals surface area contributed by atoms with Gasteiger partial charge < -0.3 is 10.6 Å². The third-order valence-corrected chi connectivity index (χ3v) is 4.82. The number of hydrogen-bond acceptors (Lipinski definition) is 4. The van der Waals surface area contributed by atoms with E-state index in [-0.39, 0.29) is 22.6 Å². The van der Waals surface area contributed by atoms with Crippen LogP contribution in [-0.2, 0) is 9.59 Å². The summed E-state index contributed by atoms with van der Waals surface area (Å²) < 4.78 is 0. The molecular formula is C10H16N2O2S. The molecule has 15 heavy (non-hydrogen) atoms. The van der Waals surface area contributed by atoms with Gasteiger partial charge in [-0.3, -0.25) is 9.59 Å². The average Bonchev–Trinajstić information content (AvgIpc) is 2.51. The molecule has 0 aromatic rings. The molecule has 0 bridgehead atoms. The van der Waals surface area contributed by atoms with Crippen molar-refractivity contribution in [3.8, 4) is 0 Å². The first-order valence-electron chi connectivity index (χ1n) is 5.19. The van der Waals surface area contributed by atoms with Crippen LogP contribution in [0.5, 0.6) is 0 Å². The summed E-state index contributed by atoms with van der Waals surface area (Å²) in [6.45, 7) is 3.58. The molecule has 0 aromatic carbocycles. The number of carbonyl (C=O) groups is 2. The van der Waals surface area contributed by atoms with Gasteiger partial charge in [0.05, 0.1) is 10.9 Å². The van der Waals surface area contributed by atoms with Gasteiger partial charge in [0.2, 0.25) is 5.91 Å². The summed E-state index contributed by atoms with van der Waals surface area (Å²) in [7, 11) is 0. The summed E-state index contributed by atoms with van der Waals surface area (Å²) >= 11 is 1.70. The number of fused-ring (bicyclic) bond motifs is 1. The molecule has 2 N–H and O–H groups in total. The molecule has 2 fully saturated rings. The molecule has 0 radical (unpaired) electrons. The Labute approximate surface area is 93.6 Å². The number of nitrogens with two attached hydrogens (primary N) is 1. The van der Waals surface area contributed by atoms with Crippen molar-refractivity contribution in [2.75, 3.05) is 5.75 Å². The fourth-order valence-corrected chi connectivity index (χ4v) is 3.86. The highest BCUT2D eigenvalue weighted by atomic mass is 32.2. The van der Waals surface area contributed by atoms with E-state index in [1.54, 1.807) is 23.6 Å². The maximum atomic E-state index is 12.0. The number of Topliss-reactive ketones (excluding diaryl/α,β-unsaturated/α-hetero) is 1. The fourth-order valence-electron chi connectivity index (χ4n) is 2.34. The highest BCUT2D eigenvalue weighted by Gasteiger charge is 2.51. The normalized spacial score (nSPS) is 40.5. The smallest absolute Gasteiger partial charge is 0.241 e. The molecule has 2 rings (SSSR count).